The van der Waals surface area contributed by atoms with Crippen molar-refractivity contribution in [2.45, 2.75) is 6.54 Å². The van der Waals surface area contributed by atoms with E-state index >= 15 is 0 Å². The van der Waals surface area contributed by atoms with E-state index in [1.807, 2.05) is 0 Å². The van der Waals surface area contributed by atoms with Crippen molar-refractivity contribution >= 4 is 29.3 Å². The van der Waals surface area contributed by atoms with E-state index in [4.69, 9.17) is 4.74 Å². The molecule has 0 spiro atoms. The van der Waals surface area contributed by atoms with Crippen LogP contribution < -0.4 is 15.5 Å². The number of benzene rings is 2. The van der Waals surface area contributed by atoms with Gasteiger partial charge in [-0.3, -0.25) is 0 Å². The number of fused-ring (bicyclic) bond motifs is 1. The Morgan fingerprint density at radius 3 is 2.76 bits per heavy atom. The highest BCUT2D eigenvalue weighted by Crippen LogP contribution is 2.23. The third-order valence-corrected chi connectivity index (χ3v) is 4.43. The van der Waals surface area contributed by atoms with E-state index in [0.29, 0.717) is 34.5 Å². The lowest BCUT2D eigenvalue weighted by Crippen LogP contribution is -2.30. The van der Waals surface area contributed by atoms with Gasteiger partial charge in [0.15, 0.2) is 11.6 Å². The molecule has 0 aliphatic carbocycles. The van der Waals surface area contributed by atoms with Gasteiger partial charge in [-0.05, 0) is 29.2 Å². The zero-order valence-electron chi connectivity index (χ0n) is 15.5. The summed E-state index contributed by atoms with van der Waals surface area (Å²) in [7, 11) is -0.110. The molecule has 0 fully saturated rings. The van der Waals surface area contributed by atoms with Crippen LogP contribution in [0.5, 0.6) is 5.75 Å². The number of aromatic nitrogens is 4. The lowest BCUT2D eigenvalue weighted by atomic mass is 9.78. The van der Waals surface area contributed by atoms with Crippen molar-refractivity contribution in [3.63, 3.8) is 0 Å². The molecular formula is C19H17BFN5O3. The van der Waals surface area contributed by atoms with Crippen LogP contribution in [0, 0.1) is 5.82 Å². The molecule has 8 nitrogen and oxygen atoms in total. The topological polar surface area (TPSA) is 105 Å². The summed E-state index contributed by atoms with van der Waals surface area (Å²) in [6, 6.07) is 11.3. The average Bonchev–Trinajstić information content (AvgIpc) is 3.16. The molecule has 2 heterocycles. The Labute approximate surface area is 165 Å². The van der Waals surface area contributed by atoms with Crippen LogP contribution in [-0.4, -0.2) is 44.0 Å². The zero-order chi connectivity index (χ0) is 20.4. The molecule has 146 valence electrons. The minimum absolute atomic E-state index is 0.270. The zero-order valence-corrected chi connectivity index (χ0v) is 15.5. The van der Waals surface area contributed by atoms with Gasteiger partial charge in [0, 0.05) is 11.9 Å². The van der Waals surface area contributed by atoms with Crippen LogP contribution in [0.2, 0.25) is 0 Å². The number of methoxy groups -OCH3 is 1. The van der Waals surface area contributed by atoms with Gasteiger partial charge in [0.1, 0.15) is 5.82 Å². The van der Waals surface area contributed by atoms with Crippen molar-refractivity contribution in [2.24, 2.45) is 0 Å². The van der Waals surface area contributed by atoms with E-state index in [9.17, 15) is 14.4 Å². The monoisotopic (exact) mass is 393 g/mol. The Bertz CT molecular complexity index is 1170. The van der Waals surface area contributed by atoms with Crippen molar-refractivity contribution in [3.8, 4) is 11.7 Å². The van der Waals surface area contributed by atoms with Gasteiger partial charge in [0.2, 0.25) is 0 Å². The van der Waals surface area contributed by atoms with Crippen LogP contribution >= 0.6 is 0 Å². The molecule has 0 amide bonds. The highest BCUT2D eigenvalue weighted by atomic mass is 19.1. The number of hydrogen-bond acceptors (Lipinski definition) is 7. The first-order valence-corrected chi connectivity index (χ1v) is 8.79. The number of nitrogens with zero attached hydrogens (tertiary/aromatic N) is 4. The fourth-order valence-corrected chi connectivity index (χ4v) is 3.03. The standard InChI is InChI=1S/C19H17BFN5O3/c1-29-17-11-23-19(25-18(17)22-9-12-4-2-5-13(21)8-12)26-16-7-3-6-15(20(27)28)14(16)10-24-26/h2-8,10-11,27-28H,9H2,1H3,(H,22,23,25). The fraction of sp³-hybridized carbons (Fsp3) is 0.105. The molecule has 0 saturated heterocycles. The van der Waals surface area contributed by atoms with E-state index in [1.165, 1.54) is 36.3 Å². The third kappa shape index (κ3) is 3.75. The summed E-state index contributed by atoms with van der Waals surface area (Å²) >= 11 is 0. The van der Waals surface area contributed by atoms with Crippen molar-refractivity contribution in [1.82, 2.24) is 19.7 Å². The largest absolute Gasteiger partial charge is 0.491 e. The van der Waals surface area contributed by atoms with Gasteiger partial charge < -0.3 is 20.1 Å². The lowest BCUT2D eigenvalue weighted by Gasteiger charge is -2.12. The van der Waals surface area contributed by atoms with Crippen LogP contribution in [0.3, 0.4) is 0 Å². The Hall–Kier alpha value is -3.50. The van der Waals surface area contributed by atoms with E-state index in [-0.39, 0.29) is 11.8 Å². The molecule has 3 N–H and O–H groups in total. The first-order valence-electron chi connectivity index (χ1n) is 8.79. The van der Waals surface area contributed by atoms with Gasteiger partial charge >= 0.3 is 7.12 Å². The predicted molar refractivity (Wildman–Crippen MR) is 107 cm³/mol. The van der Waals surface area contributed by atoms with Crippen molar-refractivity contribution in [3.05, 3.63) is 66.2 Å². The summed E-state index contributed by atoms with van der Waals surface area (Å²) in [6.07, 6.45) is 3.03. The maximum absolute atomic E-state index is 13.4. The van der Waals surface area contributed by atoms with Crippen LogP contribution in [-0.2, 0) is 6.54 Å². The second-order valence-corrected chi connectivity index (χ2v) is 6.28. The number of hydrogen-bond donors (Lipinski definition) is 3. The SMILES string of the molecule is COc1cnc(-n2ncc3c(B(O)O)cccc32)nc1NCc1cccc(F)c1. The fourth-order valence-electron chi connectivity index (χ4n) is 3.03. The third-order valence-electron chi connectivity index (χ3n) is 4.43. The van der Waals surface area contributed by atoms with Crippen LogP contribution in [0.4, 0.5) is 10.2 Å². The Kier molecular flexibility index (Phi) is 5.11. The smallest absolute Gasteiger partial charge is 0.489 e. The van der Waals surface area contributed by atoms with Crippen LogP contribution in [0.25, 0.3) is 16.9 Å². The van der Waals surface area contributed by atoms with Crippen LogP contribution in [0.1, 0.15) is 5.56 Å². The molecule has 2 aromatic carbocycles. The number of anilines is 1. The summed E-state index contributed by atoms with van der Waals surface area (Å²) in [5.74, 6) is 0.800. The van der Waals surface area contributed by atoms with Gasteiger partial charge in [0.25, 0.3) is 5.95 Å². The number of nitrogens with one attached hydrogen (secondary N) is 1. The Morgan fingerprint density at radius 1 is 1.17 bits per heavy atom. The number of halogens is 1. The first-order chi connectivity index (χ1) is 14.1. The van der Waals surface area contributed by atoms with Gasteiger partial charge in [-0.2, -0.15) is 14.8 Å². The summed E-state index contributed by atoms with van der Waals surface area (Å²) < 4.78 is 20.2. The second kappa shape index (κ2) is 7.86. The molecule has 2 aromatic heterocycles. The van der Waals surface area contributed by atoms with Gasteiger partial charge in [-0.1, -0.05) is 24.3 Å². The minimum Gasteiger partial charge on any atom is -0.491 e. The molecule has 29 heavy (non-hydrogen) atoms. The molecule has 0 bridgehead atoms. The average molecular weight is 393 g/mol. The normalized spacial score (nSPS) is 10.9. The second-order valence-electron chi connectivity index (χ2n) is 6.28. The highest BCUT2D eigenvalue weighted by molar-refractivity contribution is 6.61. The molecule has 0 saturated carbocycles. The van der Waals surface area contributed by atoms with Crippen LogP contribution in [0.15, 0.2) is 54.9 Å². The summed E-state index contributed by atoms with van der Waals surface area (Å²) in [6.45, 7) is 0.339. The summed E-state index contributed by atoms with van der Waals surface area (Å²) in [5, 5.41) is 27.1. The van der Waals surface area contributed by atoms with E-state index in [2.05, 4.69) is 20.4 Å². The Morgan fingerprint density at radius 2 is 2.00 bits per heavy atom. The first kappa shape index (κ1) is 18.8. The van der Waals surface area contributed by atoms with Gasteiger partial charge in [-0.15, -0.1) is 0 Å². The maximum atomic E-state index is 13.4. The maximum Gasteiger partial charge on any atom is 0.489 e. The molecule has 0 unspecified atom stereocenters. The van der Waals surface area contributed by atoms with E-state index in [0.717, 1.165) is 5.56 Å². The molecule has 4 rings (SSSR count). The molecule has 0 aliphatic rings. The van der Waals surface area contributed by atoms with E-state index in [1.54, 1.807) is 30.3 Å². The lowest BCUT2D eigenvalue weighted by molar-refractivity contribution is 0.412. The predicted octanol–water partition coefficient (Wildman–Crippen LogP) is 1.26. The van der Waals surface area contributed by atoms with Gasteiger partial charge in [0.05, 0.1) is 25.0 Å². The summed E-state index contributed by atoms with van der Waals surface area (Å²) in [5.41, 5.74) is 1.71. The molecule has 4 aromatic rings. The van der Waals surface area contributed by atoms with Gasteiger partial charge in [-0.25, -0.2) is 9.37 Å². The van der Waals surface area contributed by atoms with Crippen molar-refractivity contribution in [2.75, 3.05) is 12.4 Å². The molecule has 0 aliphatic heterocycles. The minimum atomic E-state index is -1.61. The van der Waals surface area contributed by atoms with E-state index < -0.39 is 7.12 Å². The molecule has 0 radical (unpaired) electrons. The number of rotatable bonds is 6. The molecule has 10 heteroatoms. The Balaban J connectivity index is 1.70. The molecular weight excluding hydrogens is 376 g/mol. The van der Waals surface area contributed by atoms with Crippen molar-refractivity contribution < 1.29 is 19.2 Å². The van der Waals surface area contributed by atoms with Crippen molar-refractivity contribution in [1.29, 1.82) is 0 Å². The highest BCUT2D eigenvalue weighted by Gasteiger charge is 2.18. The molecule has 0 atom stereocenters. The summed E-state index contributed by atoms with van der Waals surface area (Å²) in [4.78, 5) is 8.77. The number of ether oxygens (including phenoxy) is 1. The quantitative estimate of drug-likeness (QED) is 0.424.